The van der Waals surface area contributed by atoms with Gasteiger partial charge in [0.2, 0.25) is 5.88 Å². The van der Waals surface area contributed by atoms with Gasteiger partial charge in [0.15, 0.2) is 5.96 Å². The van der Waals surface area contributed by atoms with Crippen molar-refractivity contribution in [2.24, 2.45) is 10.9 Å². The SMILES string of the molecule is CCNC(=NCc1ccc(OCC2CC2)nc1)NCC(O)c1ccc(Cl)s1. The smallest absolute Gasteiger partial charge is 0.213 e. The number of aliphatic hydroxyl groups is 1. The molecule has 27 heavy (non-hydrogen) atoms. The molecular formula is C19H25ClN4O2S. The molecule has 0 aromatic carbocycles. The first-order valence-corrected chi connectivity index (χ1v) is 10.4. The van der Waals surface area contributed by atoms with Gasteiger partial charge in [-0.15, -0.1) is 11.3 Å². The molecular weight excluding hydrogens is 384 g/mol. The van der Waals surface area contributed by atoms with Crippen LogP contribution in [0.2, 0.25) is 4.34 Å². The third-order valence-electron chi connectivity index (χ3n) is 4.11. The van der Waals surface area contributed by atoms with Crippen molar-refractivity contribution >= 4 is 28.9 Å². The molecule has 0 aliphatic heterocycles. The molecule has 3 rings (SSSR count). The van der Waals surface area contributed by atoms with Gasteiger partial charge in [-0.3, -0.25) is 0 Å². The fourth-order valence-electron chi connectivity index (χ4n) is 2.39. The van der Waals surface area contributed by atoms with Crippen LogP contribution in [0.5, 0.6) is 5.88 Å². The molecule has 1 atom stereocenters. The summed E-state index contributed by atoms with van der Waals surface area (Å²) in [4.78, 5) is 9.71. The van der Waals surface area contributed by atoms with Crippen LogP contribution in [0.25, 0.3) is 0 Å². The summed E-state index contributed by atoms with van der Waals surface area (Å²) in [5, 5.41) is 16.6. The van der Waals surface area contributed by atoms with E-state index in [2.05, 4.69) is 20.6 Å². The van der Waals surface area contributed by atoms with Crippen LogP contribution in [-0.2, 0) is 6.54 Å². The number of hydrogen-bond acceptors (Lipinski definition) is 5. The van der Waals surface area contributed by atoms with E-state index in [-0.39, 0.29) is 0 Å². The van der Waals surface area contributed by atoms with E-state index in [1.165, 1.54) is 24.2 Å². The van der Waals surface area contributed by atoms with Crippen molar-refractivity contribution in [3.8, 4) is 5.88 Å². The number of ether oxygens (including phenoxy) is 1. The molecule has 2 heterocycles. The Morgan fingerprint density at radius 3 is 2.85 bits per heavy atom. The first-order chi connectivity index (χ1) is 13.1. The van der Waals surface area contributed by atoms with Crippen LogP contribution in [0.1, 0.15) is 36.3 Å². The third kappa shape index (κ3) is 6.68. The first-order valence-electron chi connectivity index (χ1n) is 9.17. The maximum absolute atomic E-state index is 10.2. The van der Waals surface area contributed by atoms with Gasteiger partial charge in [-0.25, -0.2) is 9.98 Å². The standard InChI is InChI=1S/C19H25ClN4O2S/c1-2-21-19(24-11-15(25)16-6-7-17(20)27-16)23-10-14-5-8-18(22-9-14)26-12-13-3-4-13/h5-9,13,15,25H,2-4,10-12H2,1H3,(H2,21,23,24). The summed E-state index contributed by atoms with van der Waals surface area (Å²) >= 11 is 7.30. The number of aliphatic imine (C=N–C) groups is 1. The highest BCUT2D eigenvalue weighted by atomic mass is 35.5. The Morgan fingerprint density at radius 1 is 1.37 bits per heavy atom. The molecule has 6 nitrogen and oxygen atoms in total. The minimum absolute atomic E-state index is 0.356. The Labute approximate surface area is 168 Å². The molecule has 0 saturated heterocycles. The number of rotatable bonds is 9. The van der Waals surface area contributed by atoms with Crippen molar-refractivity contribution in [2.45, 2.75) is 32.4 Å². The monoisotopic (exact) mass is 408 g/mol. The van der Waals surface area contributed by atoms with Crippen molar-refractivity contribution < 1.29 is 9.84 Å². The van der Waals surface area contributed by atoms with Crippen LogP contribution < -0.4 is 15.4 Å². The molecule has 0 bridgehead atoms. The van der Waals surface area contributed by atoms with Crippen LogP contribution in [0.3, 0.4) is 0 Å². The topological polar surface area (TPSA) is 78.8 Å². The highest BCUT2D eigenvalue weighted by Gasteiger charge is 2.22. The number of nitrogens with one attached hydrogen (secondary N) is 2. The molecule has 1 unspecified atom stereocenters. The Hall–Kier alpha value is -1.83. The van der Waals surface area contributed by atoms with Gasteiger partial charge in [0.25, 0.3) is 0 Å². The first kappa shape index (κ1) is 19.9. The van der Waals surface area contributed by atoms with Gasteiger partial charge in [-0.1, -0.05) is 17.7 Å². The zero-order valence-electron chi connectivity index (χ0n) is 15.3. The molecule has 2 aromatic rings. The lowest BCUT2D eigenvalue weighted by Gasteiger charge is -2.14. The van der Waals surface area contributed by atoms with Crippen molar-refractivity contribution in [2.75, 3.05) is 19.7 Å². The summed E-state index contributed by atoms with van der Waals surface area (Å²) in [5.41, 5.74) is 0.997. The summed E-state index contributed by atoms with van der Waals surface area (Å²) in [6, 6.07) is 7.49. The van der Waals surface area contributed by atoms with Crippen LogP contribution >= 0.6 is 22.9 Å². The van der Waals surface area contributed by atoms with Crippen molar-refractivity contribution in [3.63, 3.8) is 0 Å². The van der Waals surface area contributed by atoms with Gasteiger partial charge in [-0.2, -0.15) is 0 Å². The van der Waals surface area contributed by atoms with E-state index >= 15 is 0 Å². The van der Waals surface area contributed by atoms with Crippen LogP contribution in [0.4, 0.5) is 0 Å². The van der Waals surface area contributed by atoms with Gasteiger partial charge in [-0.05, 0) is 43.4 Å². The van der Waals surface area contributed by atoms with E-state index in [9.17, 15) is 5.11 Å². The van der Waals surface area contributed by atoms with E-state index < -0.39 is 6.10 Å². The molecule has 3 N–H and O–H groups in total. The summed E-state index contributed by atoms with van der Waals surface area (Å²) in [7, 11) is 0. The number of guanidine groups is 1. The lowest BCUT2D eigenvalue weighted by molar-refractivity contribution is 0.184. The second-order valence-electron chi connectivity index (χ2n) is 6.49. The van der Waals surface area contributed by atoms with Gasteiger partial charge >= 0.3 is 0 Å². The van der Waals surface area contributed by atoms with Gasteiger partial charge in [0.05, 0.1) is 17.5 Å². The second-order valence-corrected chi connectivity index (χ2v) is 8.24. The normalized spacial score (nSPS) is 15.4. The average Bonchev–Trinajstić information content (AvgIpc) is 3.41. The predicted molar refractivity (Wildman–Crippen MR) is 110 cm³/mol. The number of aliphatic hydroxyl groups excluding tert-OH is 1. The maximum atomic E-state index is 10.2. The van der Waals surface area contributed by atoms with Gasteiger partial charge < -0.3 is 20.5 Å². The molecule has 2 aromatic heterocycles. The molecule has 1 fully saturated rings. The molecule has 1 saturated carbocycles. The van der Waals surface area contributed by atoms with Gasteiger partial charge in [0, 0.05) is 30.2 Å². The Kier molecular flexibility index (Phi) is 7.32. The lowest BCUT2D eigenvalue weighted by atomic mass is 10.3. The van der Waals surface area contributed by atoms with E-state index in [1.807, 2.05) is 25.1 Å². The largest absolute Gasteiger partial charge is 0.477 e. The summed E-state index contributed by atoms with van der Waals surface area (Å²) < 4.78 is 6.32. The highest BCUT2D eigenvalue weighted by Crippen LogP contribution is 2.29. The summed E-state index contributed by atoms with van der Waals surface area (Å²) in [6.07, 6.45) is 3.69. The number of hydrogen-bond donors (Lipinski definition) is 3. The minimum atomic E-state index is -0.629. The molecule has 0 spiro atoms. The van der Waals surface area contributed by atoms with E-state index in [1.54, 1.807) is 12.3 Å². The molecule has 0 amide bonds. The fraction of sp³-hybridized carbons (Fsp3) is 0.474. The number of aromatic nitrogens is 1. The number of halogens is 1. The minimum Gasteiger partial charge on any atom is -0.477 e. The van der Waals surface area contributed by atoms with E-state index in [4.69, 9.17) is 16.3 Å². The van der Waals surface area contributed by atoms with Crippen molar-refractivity contribution in [3.05, 3.63) is 45.2 Å². The van der Waals surface area contributed by atoms with Crippen LogP contribution in [0, 0.1) is 5.92 Å². The summed E-state index contributed by atoms with van der Waals surface area (Å²) in [6.45, 7) is 4.34. The Morgan fingerprint density at radius 2 is 2.22 bits per heavy atom. The number of pyridine rings is 1. The average molecular weight is 409 g/mol. The molecule has 0 radical (unpaired) electrons. The zero-order chi connectivity index (χ0) is 19.1. The Balaban J connectivity index is 1.49. The summed E-state index contributed by atoms with van der Waals surface area (Å²) in [5.74, 6) is 2.02. The lowest BCUT2D eigenvalue weighted by Crippen LogP contribution is -2.39. The predicted octanol–water partition coefficient (Wildman–Crippen LogP) is 3.37. The van der Waals surface area contributed by atoms with Crippen LogP contribution in [-0.4, -0.2) is 35.7 Å². The third-order valence-corrected chi connectivity index (χ3v) is 5.44. The zero-order valence-corrected chi connectivity index (χ0v) is 16.9. The quantitative estimate of drug-likeness (QED) is 0.438. The number of nitrogens with zero attached hydrogens (tertiary/aromatic N) is 2. The fourth-order valence-corrected chi connectivity index (χ4v) is 3.44. The Bertz CT molecular complexity index is 746. The van der Waals surface area contributed by atoms with Crippen molar-refractivity contribution in [1.29, 1.82) is 0 Å². The molecule has 146 valence electrons. The highest BCUT2D eigenvalue weighted by molar-refractivity contribution is 7.16. The molecule has 8 heteroatoms. The van der Waals surface area contributed by atoms with E-state index in [0.29, 0.717) is 35.2 Å². The van der Waals surface area contributed by atoms with Crippen molar-refractivity contribution in [1.82, 2.24) is 15.6 Å². The number of thiophene rings is 1. The maximum Gasteiger partial charge on any atom is 0.213 e. The van der Waals surface area contributed by atoms with Gasteiger partial charge in [0.1, 0.15) is 6.10 Å². The second kappa shape index (κ2) is 9.92. The van der Waals surface area contributed by atoms with Crippen LogP contribution in [0.15, 0.2) is 35.5 Å². The van der Waals surface area contributed by atoms with E-state index in [0.717, 1.165) is 23.6 Å². The molecule has 1 aliphatic carbocycles. The molecule has 1 aliphatic rings.